The molecular formula is C12H15NOS. The summed E-state index contributed by atoms with van der Waals surface area (Å²) in [7, 11) is 0. The van der Waals surface area contributed by atoms with Gasteiger partial charge in [0.1, 0.15) is 6.07 Å². The molecule has 1 unspecified atom stereocenters. The number of hydrogen-bond acceptors (Lipinski definition) is 3. The van der Waals surface area contributed by atoms with Crippen LogP contribution in [0.5, 0.6) is 0 Å². The third-order valence-electron chi connectivity index (χ3n) is 2.12. The molecule has 15 heavy (non-hydrogen) atoms. The van der Waals surface area contributed by atoms with Gasteiger partial charge in [0.05, 0.1) is 5.56 Å². The summed E-state index contributed by atoms with van der Waals surface area (Å²) in [6.45, 7) is 4.27. The highest BCUT2D eigenvalue weighted by molar-refractivity contribution is 8.00. The van der Waals surface area contributed by atoms with Gasteiger partial charge in [0.2, 0.25) is 0 Å². The topological polar surface area (TPSA) is 44.0 Å². The Hall–Kier alpha value is -0.980. The van der Waals surface area contributed by atoms with Crippen LogP contribution in [0.15, 0.2) is 23.1 Å². The summed E-state index contributed by atoms with van der Waals surface area (Å²) in [5.74, 6) is 0. The van der Waals surface area contributed by atoms with Crippen LogP contribution in [0, 0.1) is 18.3 Å². The monoisotopic (exact) mass is 221 g/mol. The first kappa shape index (κ1) is 12.1. The maximum atomic E-state index is 8.94. The molecule has 1 N–H and O–H groups in total. The van der Waals surface area contributed by atoms with Crippen molar-refractivity contribution < 1.29 is 5.11 Å². The second-order valence-corrected chi connectivity index (χ2v) is 5.03. The van der Waals surface area contributed by atoms with Crippen LogP contribution in [0.25, 0.3) is 0 Å². The van der Waals surface area contributed by atoms with Crippen molar-refractivity contribution in [1.82, 2.24) is 0 Å². The van der Waals surface area contributed by atoms with Gasteiger partial charge in [-0.05, 0) is 31.0 Å². The zero-order chi connectivity index (χ0) is 11.3. The number of thioether (sulfide) groups is 1. The Labute approximate surface area is 94.9 Å². The van der Waals surface area contributed by atoms with Gasteiger partial charge in [-0.15, -0.1) is 11.8 Å². The van der Waals surface area contributed by atoms with Gasteiger partial charge in [0.15, 0.2) is 0 Å². The Morgan fingerprint density at radius 2 is 2.27 bits per heavy atom. The summed E-state index contributed by atoms with van der Waals surface area (Å²) in [5, 5.41) is 18.1. The number of hydrogen-bond donors (Lipinski definition) is 1. The minimum atomic E-state index is 0.196. The number of nitrogens with zero attached hydrogens (tertiary/aromatic N) is 1. The molecule has 80 valence electrons. The molecule has 1 atom stereocenters. The Balaban J connectivity index is 2.83. The lowest BCUT2D eigenvalue weighted by Gasteiger charge is -2.11. The zero-order valence-corrected chi connectivity index (χ0v) is 9.84. The summed E-state index contributed by atoms with van der Waals surface area (Å²) in [4.78, 5) is 1.01. The highest BCUT2D eigenvalue weighted by atomic mass is 32.2. The van der Waals surface area contributed by atoms with Crippen molar-refractivity contribution in [2.45, 2.75) is 30.4 Å². The van der Waals surface area contributed by atoms with E-state index in [1.54, 1.807) is 11.8 Å². The molecule has 0 aliphatic heterocycles. The SMILES string of the molecule is Cc1ccc(C#N)c(SC(C)CCO)c1. The zero-order valence-electron chi connectivity index (χ0n) is 9.03. The molecule has 0 fully saturated rings. The van der Waals surface area contributed by atoms with Gasteiger partial charge >= 0.3 is 0 Å². The van der Waals surface area contributed by atoms with Gasteiger partial charge in [-0.1, -0.05) is 13.0 Å². The van der Waals surface area contributed by atoms with E-state index < -0.39 is 0 Å². The van der Waals surface area contributed by atoms with Gasteiger partial charge in [-0.2, -0.15) is 5.26 Å². The number of aliphatic hydroxyl groups is 1. The predicted molar refractivity (Wildman–Crippen MR) is 62.9 cm³/mol. The van der Waals surface area contributed by atoms with Crippen molar-refractivity contribution >= 4 is 11.8 Å². The van der Waals surface area contributed by atoms with E-state index in [9.17, 15) is 0 Å². The Morgan fingerprint density at radius 1 is 1.53 bits per heavy atom. The molecule has 0 aromatic heterocycles. The number of aryl methyl sites for hydroxylation is 1. The third kappa shape index (κ3) is 3.58. The summed E-state index contributed by atoms with van der Waals surface area (Å²) in [6, 6.07) is 8.01. The molecule has 0 amide bonds. The number of benzene rings is 1. The molecule has 1 aromatic rings. The van der Waals surface area contributed by atoms with Crippen LogP contribution in [0.3, 0.4) is 0 Å². The van der Waals surface area contributed by atoms with Crippen molar-refractivity contribution in [2.24, 2.45) is 0 Å². The van der Waals surface area contributed by atoms with Gasteiger partial charge in [0.25, 0.3) is 0 Å². The van der Waals surface area contributed by atoms with Crippen LogP contribution in [-0.4, -0.2) is 17.0 Å². The van der Waals surface area contributed by atoms with Crippen molar-refractivity contribution in [3.8, 4) is 6.07 Å². The highest BCUT2D eigenvalue weighted by Crippen LogP contribution is 2.28. The molecule has 3 heteroatoms. The fraction of sp³-hybridized carbons (Fsp3) is 0.417. The van der Waals surface area contributed by atoms with Gasteiger partial charge < -0.3 is 5.11 Å². The molecule has 0 heterocycles. The lowest BCUT2D eigenvalue weighted by molar-refractivity contribution is 0.289. The van der Waals surface area contributed by atoms with Crippen LogP contribution >= 0.6 is 11.8 Å². The normalized spacial score (nSPS) is 12.1. The fourth-order valence-corrected chi connectivity index (χ4v) is 2.43. The van der Waals surface area contributed by atoms with E-state index >= 15 is 0 Å². The van der Waals surface area contributed by atoms with Crippen molar-refractivity contribution in [3.05, 3.63) is 29.3 Å². The molecule has 0 spiro atoms. The molecular weight excluding hydrogens is 206 g/mol. The molecule has 0 bridgehead atoms. The maximum absolute atomic E-state index is 8.94. The van der Waals surface area contributed by atoms with Gasteiger partial charge in [-0.25, -0.2) is 0 Å². The van der Waals surface area contributed by atoms with E-state index in [0.717, 1.165) is 22.4 Å². The van der Waals surface area contributed by atoms with Crippen LogP contribution in [0.2, 0.25) is 0 Å². The molecule has 0 saturated carbocycles. The first-order chi connectivity index (χ1) is 7.17. The Morgan fingerprint density at radius 3 is 2.87 bits per heavy atom. The van der Waals surface area contributed by atoms with Gasteiger partial charge in [-0.3, -0.25) is 0 Å². The summed E-state index contributed by atoms with van der Waals surface area (Å²) in [5.41, 5.74) is 1.88. The van der Waals surface area contributed by atoms with E-state index in [2.05, 4.69) is 13.0 Å². The standard InChI is InChI=1S/C12H15NOS/c1-9-3-4-11(8-13)12(7-9)15-10(2)5-6-14/h3-4,7,10,14H,5-6H2,1-2H3. The molecule has 1 aromatic carbocycles. The number of nitriles is 1. The van der Waals surface area contributed by atoms with E-state index in [4.69, 9.17) is 10.4 Å². The van der Waals surface area contributed by atoms with E-state index in [1.165, 1.54) is 0 Å². The maximum Gasteiger partial charge on any atom is 0.100 e. The van der Waals surface area contributed by atoms with Crippen LogP contribution in [-0.2, 0) is 0 Å². The average molecular weight is 221 g/mol. The second kappa shape index (κ2) is 5.79. The van der Waals surface area contributed by atoms with Crippen LogP contribution < -0.4 is 0 Å². The fourth-order valence-electron chi connectivity index (χ4n) is 1.28. The van der Waals surface area contributed by atoms with E-state index in [1.807, 2.05) is 25.1 Å². The van der Waals surface area contributed by atoms with E-state index in [-0.39, 0.29) is 6.61 Å². The smallest absolute Gasteiger partial charge is 0.100 e. The third-order valence-corrected chi connectivity index (χ3v) is 3.35. The van der Waals surface area contributed by atoms with E-state index in [0.29, 0.717) is 5.25 Å². The van der Waals surface area contributed by atoms with Crippen LogP contribution in [0.1, 0.15) is 24.5 Å². The van der Waals surface area contributed by atoms with Crippen molar-refractivity contribution in [1.29, 1.82) is 5.26 Å². The molecule has 0 aliphatic carbocycles. The average Bonchev–Trinajstić information content (AvgIpc) is 2.18. The highest BCUT2D eigenvalue weighted by Gasteiger charge is 2.08. The Kier molecular flexibility index (Phi) is 4.67. The quantitative estimate of drug-likeness (QED) is 0.795. The second-order valence-electron chi connectivity index (χ2n) is 3.55. The summed E-state index contributed by atoms with van der Waals surface area (Å²) >= 11 is 1.65. The first-order valence-corrected chi connectivity index (χ1v) is 5.83. The van der Waals surface area contributed by atoms with Crippen molar-refractivity contribution in [3.63, 3.8) is 0 Å². The first-order valence-electron chi connectivity index (χ1n) is 4.95. The van der Waals surface area contributed by atoms with Gasteiger partial charge in [0, 0.05) is 16.8 Å². The molecule has 0 aliphatic rings. The minimum absolute atomic E-state index is 0.196. The molecule has 1 rings (SSSR count). The minimum Gasteiger partial charge on any atom is -0.396 e. The predicted octanol–water partition coefficient (Wildman–Crippen LogP) is 2.73. The summed E-state index contributed by atoms with van der Waals surface area (Å²) < 4.78 is 0. The number of aliphatic hydroxyl groups excluding tert-OH is 1. The lowest BCUT2D eigenvalue weighted by Crippen LogP contribution is -1.99. The molecule has 0 radical (unpaired) electrons. The largest absolute Gasteiger partial charge is 0.396 e. The molecule has 2 nitrogen and oxygen atoms in total. The van der Waals surface area contributed by atoms with Crippen LogP contribution in [0.4, 0.5) is 0 Å². The lowest BCUT2D eigenvalue weighted by atomic mass is 10.2. The summed E-state index contributed by atoms with van der Waals surface area (Å²) in [6.07, 6.45) is 0.753. The molecule has 0 saturated heterocycles. The Bertz CT molecular complexity index is 370. The number of rotatable bonds is 4. The van der Waals surface area contributed by atoms with Crippen molar-refractivity contribution in [2.75, 3.05) is 6.61 Å².